The van der Waals surface area contributed by atoms with Gasteiger partial charge in [0.25, 0.3) is 5.56 Å². The van der Waals surface area contributed by atoms with Crippen molar-refractivity contribution in [2.24, 2.45) is 0 Å². The average Bonchev–Trinajstić information content (AvgIpc) is 2.63. The normalized spacial score (nSPS) is 10.8. The highest BCUT2D eigenvalue weighted by molar-refractivity contribution is 7.99. The van der Waals surface area contributed by atoms with Crippen molar-refractivity contribution in [2.45, 2.75) is 11.4 Å². The molecule has 1 amide bonds. The zero-order chi connectivity index (χ0) is 17.6. The summed E-state index contributed by atoms with van der Waals surface area (Å²) < 4.78 is 1.32. The molecular formula is C18H16ClN3O2S. The Morgan fingerprint density at radius 1 is 1.16 bits per heavy atom. The van der Waals surface area contributed by atoms with Crippen LogP contribution in [-0.4, -0.2) is 27.8 Å². The molecule has 3 rings (SSSR count). The van der Waals surface area contributed by atoms with Crippen molar-refractivity contribution in [1.29, 1.82) is 0 Å². The largest absolute Gasteiger partial charge is 0.354 e. The van der Waals surface area contributed by atoms with Crippen molar-refractivity contribution in [3.8, 4) is 0 Å². The van der Waals surface area contributed by atoms with E-state index in [1.54, 1.807) is 30.0 Å². The third kappa shape index (κ3) is 4.61. The molecule has 1 aromatic heterocycles. The summed E-state index contributed by atoms with van der Waals surface area (Å²) in [5, 5.41) is 4.03. The minimum atomic E-state index is -0.212. The van der Waals surface area contributed by atoms with Crippen LogP contribution in [0.5, 0.6) is 0 Å². The van der Waals surface area contributed by atoms with Crippen LogP contribution in [0.4, 0.5) is 0 Å². The number of nitrogens with zero attached hydrogens (tertiary/aromatic N) is 2. The number of amides is 1. The van der Waals surface area contributed by atoms with Crippen molar-refractivity contribution in [2.75, 3.05) is 12.3 Å². The van der Waals surface area contributed by atoms with Gasteiger partial charge in [-0.3, -0.25) is 14.2 Å². The van der Waals surface area contributed by atoms with Gasteiger partial charge < -0.3 is 5.32 Å². The molecule has 7 heteroatoms. The number of fused-ring (bicyclic) bond motifs is 1. The maximum Gasteiger partial charge on any atom is 0.261 e. The molecule has 1 heterocycles. The number of thioether (sulfide) groups is 1. The Kier molecular flexibility index (Phi) is 5.73. The number of rotatable bonds is 6. The van der Waals surface area contributed by atoms with Crippen LogP contribution in [0, 0.1) is 0 Å². The van der Waals surface area contributed by atoms with Gasteiger partial charge in [-0.05, 0) is 36.4 Å². The third-order valence-electron chi connectivity index (χ3n) is 3.55. The Hall–Kier alpha value is -2.31. The standard InChI is InChI=1S/C18H16ClN3O2S/c19-13-5-7-14(8-6-13)25-10-9-20-17(23)11-22-12-21-16-4-2-1-3-15(16)18(22)24/h1-8,12H,9-11H2,(H,20,23). The summed E-state index contributed by atoms with van der Waals surface area (Å²) in [5.74, 6) is 0.522. The molecule has 3 aromatic rings. The quantitative estimate of drug-likeness (QED) is 0.533. The molecule has 128 valence electrons. The lowest BCUT2D eigenvalue weighted by molar-refractivity contribution is -0.121. The van der Waals surface area contributed by atoms with E-state index in [4.69, 9.17) is 11.6 Å². The number of para-hydroxylation sites is 1. The number of hydrogen-bond acceptors (Lipinski definition) is 4. The van der Waals surface area contributed by atoms with E-state index in [2.05, 4.69) is 10.3 Å². The first-order valence-electron chi connectivity index (χ1n) is 7.73. The first-order valence-corrected chi connectivity index (χ1v) is 9.09. The first-order chi connectivity index (χ1) is 12.1. The first kappa shape index (κ1) is 17.5. The number of hydrogen-bond donors (Lipinski definition) is 1. The lowest BCUT2D eigenvalue weighted by atomic mass is 10.2. The molecule has 0 saturated carbocycles. The van der Waals surface area contributed by atoms with Gasteiger partial charge in [-0.25, -0.2) is 4.98 Å². The second kappa shape index (κ2) is 8.18. The molecule has 0 spiro atoms. The monoisotopic (exact) mass is 373 g/mol. The van der Waals surface area contributed by atoms with E-state index in [0.29, 0.717) is 22.5 Å². The zero-order valence-corrected chi connectivity index (χ0v) is 14.9. The molecule has 0 bridgehead atoms. The minimum Gasteiger partial charge on any atom is -0.354 e. The van der Waals surface area contributed by atoms with E-state index >= 15 is 0 Å². The Balaban J connectivity index is 1.52. The van der Waals surface area contributed by atoms with Gasteiger partial charge in [0.2, 0.25) is 5.91 Å². The van der Waals surface area contributed by atoms with E-state index < -0.39 is 0 Å². The highest BCUT2D eigenvalue weighted by Crippen LogP contribution is 2.19. The summed E-state index contributed by atoms with van der Waals surface area (Å²) in [7, 11) is 0. The predicted molar refractivity (Wildman–Crippen MR) is 101 cm³/mol. The molecule has 0 aliphatic carbocycles. The van der Waals surface area contributed by atoms with Gasteiger partial charge in [0.05, 0.1) is 17.2 Å². The van der Waals surface area contributed by atoms with Gasteiger partial charge in [-0.1, -0.05) is 23.7 Å². The summed E-state index contributed by atoms with van der Waals surface area (Å²) >= 11 is 7.47. The molecule has 5 nitrogen and oxygen atoms in total. The number of carbonyl (C=O) groups excluding carboxylic acids is 1. The Bertz CT molecular complexity index is 941. The second-order valence-electron chi connectivity index (χ2n) is 5.35. The molecule has 0 aliphatic rings. The number of aromatic nitrogens is 2. The van der Waals surface area contributed by atoms with E-state index in [1.165, 1.54) is 10.9 Å². The van der Waals surface area contributed by atoms with Crippen molar-refractivity contribution in [3.63, 3.8) is 0 Å². The Morgan fingerprint density at radius 3 is 2.72 bits per heavy atom. The van der Waals surface area contributed by atoms with Crippen molar-refractivity contribution < 1.29 is 4.79 Å². The van der Waals surface area contributed by atoms with Gasteiger partial charge >= 0.3 is 0 Å². The van der Waals surface area contributed by atoms with Crippen LogP contribution in [0.1, 0.15) is 0 Å². The van der Waals surface area contributed by atoms with E-state index in [-0.39, 0.29) is 18.0 Å². The van der Waals surface area contributed by atoms with Crippen LogP contribution in [0.2, 0.25) is 5.02 Å². The van der Waals surface area contributed by atoms with Crippen LogP contribution >= 0.6 is 23.4 Å². The Labute approximate surface area is 154 Å². The lowest BCUT2D eigenvalue weighted by Crippen LogP contribution is -2.33. The van der Waals surface area contributed by atoms with E-state index in [0.717, 1.165) is 10.6 Å². The predicted octanol–water partition coefficient (Wildman–Crippen LogP) is 2.96. The Morgan fingerprint density at radius 2 is 1.92 bits per heavy atom. The highest BCUT2D eigenvalue weighted by atomic mass is 35.5. The average molecular weight is 374 g/mol. The van der Waals surface area contributed by atoms with E-state index in [1.807, 2.05) is 30.3 Å². The molecule has 2 aromatic carbocycles. The molecule has 0 radical (unpaired) electrons. The maximum atomic E-state index is 12.3. The number of halogens is 1. The van der Waals surface area contributed by atoms with Gasteiger partial charge in [-0.15, -0.1) is 11.8 Å². The molecule has 0 unspecified atom stereocenters. The fourth-order valence-electron chi connectivity index (χ4n) is 2.32. The number of nitrogens with one attached hydrogen (secondary N) is 1. The molecule has 0 saturated heterocycles. The topological polar surface area (TPSA) is 64.0 Å². The lowest BCUT2D eigenvalue weighted by Gasteiger charge is -2.08. The summed E-state index contributed by atoms with van der Waals surface area (Å²) in [6.45, 7) is 0.476. The summed E-state index contributed by atoms with van der Waals surface area (Å²) in [6, 6.07) is 14.6. The van der Waals surface area contributed by atoms with Crippen LogP contribution in [-0.2, 0) is 11.3 Å². The highest BCUT2D eigenvalue weighted by Gasteiger charge is 2.07. The molecule has 0 fully saturated rings. The van der Waals surface area contributed by atoms with Crippen LogP contribution < -0.4 is 10.9 Å². The minimum absolute atomic E-state index is 0.0394. The van der Waals surface area contributed by atoms with Gasteiger partial charge in [0, 0.05) is 22.2 Å². The van der Waals surface area contributed by atoms with Crippen LogP contribution in [0.25, 0.3) is 10.9 Å². The summed E-state index contributed by atoms with van der Waals surface area (Å²) in [6.07, 6.45) is 1.41. The molecule has 0 atom stereocenters. The smallest absolute Gasteiger partial charge is 0.261 e. The molecule has 25 heavy (non-hydrogen) atoms. The molecule has 1 N–H and O–H groups in total. The fourth-order valence-corrected chi connectivity index (χ4v) is 3.21. The van der Waals surface area contributed by atoms with Crippen molar-refractivity contribution in [3.05, 3.63) is 70.2 Å². The number of carbonyl (C=O) groups is 1. The van der Waals surface area contributed by atoms with Gasteiger partial charge in [0.15, 0.2) is 0 Å². The summed E-state index contributed by atoms with van der Waals surface area (Å²) in [5.41, 5.74) is 0.416. The second-order valence-corrected chi connectivity index (χ2v) is 6.95. The van der Waals surface area contributed by atoms with Gasteiger partial charge in [-0.2, -0.15) is 0 Å². The molecular weight excluding hydrogens is 358 g/mol. The SMILES string of the molecule is O=C(Cn1cnc2ccccc2c1=O)NCCSc1ccc(Cl)cc1. The number of benzene rings is 2. The van der Waals surface area contributed by atoms with Crippen molar-refractivity contribution >= 4 is 40.2 Å². The summed E-state index contributed by atoms with van der Waals surface area (Å²) in [4.78, 5) is 29.7. The van der Waals surface area contributed by atoms with Crippen molar-refractivity contribution in [1.82, 2.24) is 14.9 Å². The van der Waals surface area contributed by atoms with E-state index in [9.17, 15) is 9.59 Å². The van der Waals surface area contributed by atoms with Crippen LogP contribution in [0.3, 0.4) is 0 Å². The molecule has 0 aliphatic heterocycles. The van der Waals surface area contributed by atoms with Crippen LogP contribution in [0.15, 0.2) is 64.5 Å². The third-order valence-corrected chi connectivity index (χ3v) is 4.82. The fraction of sp³-hybridized carbons (Fsp3) is 0.167. The zero-order valence-electron chi connectivity index (χ0n) is 13.3. The maximum absolute atomic E-state index is 12.3. The van der Waals surface area contributed by atoms with Gasteiger partial charge in [0.1, 0.15) is 6.54 Å².